The molecule has 0 aliphatic carbocycles. The number of rotatable bonds is 4. The first-order valence-corrected chi connectivity index (χ1v) is 6.38. The average molecular weight is 243 g/mol. The second-order valence-electron chi connectivity index (χ2n) is 4.71. The first kappa shape index (κ1) is 12.8. The van der Waals surface area contributed by atoms with Crippen LogP contribution in [0.4, 0.5) is 0 Å². The summed E-state index contributed by atoms with van der Waals surface area (Å²) in [6, 6.07) is 8.48. The van der Waals surface area contributed by atoms with E-state index in [1.165, 1.54) is 28.1 Å². The zero-order chi connectivity index (χ0) is 13.1. The maximum atomic E-state index is 4.64. The van der Waals surface area contributed by atoms with Crippen molar-refractivity contribution in [2.75, 3.05) is 13.6 Å². The molecule has 0 saturated carbocycles. The fourth-order valence-corrected chi connectivity index (χ4v) is 2.38. The third-order valence-corrected chi connectivity index (χ3v) is 3.39. The molecule has 0 unspecified atom stereocenters. The van der Waals surface area contributed by atoms with Crippen molar-refractivity contribution in [3.8, 4) is 11.3 Å². The smallest absolute Gasteiger partial charge is 0.0713 e. The summed E-state index contributed by atoms with van der Waals surface area (Å²) in [5.41, 5.74) is 6.29. The van der Waals surface area contributed by atoms with Crippen LogP contribution in [-0.4, -0.2) is 23.4 Å². The molecule has 0 aliphatic rings. The fraction of sp³-hybridized carbons (Fsp3) is 0.400. The topological polar surface area (TPSA) is 29.9 Å². The molecule has 2 rings (SSSR count). The van der Waals surface area contributed by atoms with E-state index in [9.17, 15) is 0 Å². The van der Waals surface area contributed by atoms with Crippen molar-refractivity contribution in [1.29, 1.82) is 0 Å². The Labute approximate surface area is 109 Å². The molecular formula is C15H21N3. The van der Waals surface area contributed by atoms with Gasteiger partial charge in [0, 0.05) is 25.6 Å². The van der Waals surface area contributed by atoms with Gasteiger partial charge in [0.15, 0.2) is 0 Å². The first-order valence-electron chi connectivity index (χ1n) is 6.38. The largest absolute Gasteiger partial charge is 0.319 e. The van der Waals surface area contributed by atoms with Gasteiger partial charge in [-0.1, -0.05) is 24.3 Å². The van der Waals surface area contributed by atoms with Gasteiger partial charge in [-0.15, -0.1) is 0 Å². The number of aryl methyl sites for hydroxylation is 2. The van der Waals surface area contributed by atoms with Crippen LogP contribution in [-0.2, 0) is 13.5 Å². The van der Waals surface area contributed by atoms with Gasteiger partial charge in [-0.05, 0) is 32.0 Å². The van der Waals surface area contributed by atoms with Crippen LogP contribution in [0.3, 0.4) is 0 Å². The molecule has 1 aromatic heterocycles. The molecule has 0 spiro atoms. The van der Waals surface area contributed by atoms with Gasteiger partial charge in [-0.2, -0.15) is 5.10 Å². The van der Waals surface area contributed by atoms with Crippen molar-refractivity contribution in [3.63, 3.8) is 0 Å². The Morgan fingerprint density at radius 3 is 2.61 bits per heavy atom. The molecule has 1 aromatic carbocycles. The van der Waals surface area contributed by atoms with Crippen molar-refractivity contribution in [2.24, 2.45) is 7.05 Å². The van der Waals surface area contributed by atoms with Crippen LogP contribution in [0.1, 0.15) is 16.8 Å². The van der Waals surface area contributed by atoms with E-state index in [0.29, 0.717) is 0 Å². The van der Waals surface area contributed by atoms with Crippen LogP contribution >= 0.6 is 0 Å². The summed E-state index contributed by atoms with van der Waals surface area (Å²) in [5.74, 6) is 0. The average Bonchev–Trinajstić information content (AvgIpc) is 2.63. The molecule has 1 N–H and O–H groups in total. The Morgan fingerprint density at radius 1 is 1.22 bits per heavy atom. The predicted octanol–water partition coefficient (Wildman–Crippen LogP) is 2.47. The fourth-order valence-electron chi connectivity index (χ4n) is 2.38. The Morgan fingerprint density at radius 2 is 1.94 bits per heavy atom. The van der Waals surface area contributed by atoms with Crippen LogP contribution in [0.25, 0.3) is 11.3 Å². The summed E-state index contributed by atoms with van der Waals surface area (Å²) >= 11 is 0. The van der Waals surface area contributed by atoms with Crippen LogP contribution in [0.2, 0.25) is 0 Å². The molecule has 0 fully saturated rings. The van der Waals surface area contributed by atoms with Gasteiger partial charge in [0.2, 0.25) is 0 Å². The van der Waals surface area contributed by atoms with Crippen molar-refractivity contribution < 1.29 is 0 Å². The number of nitrogens with zero attached hydrogens (tertiary/aromatic N) is 2. The molecule has 3 heteroatoms. The molecule has 0 atom stereocenters. The number of likely N-dealkylation sites (N-methyl/N-ethyl adjacent to an activating group) is 1. The number of hydrogen-bond acceptors (Lipinski definition) is 2. The lowest BCUT2D eigenvalue weighted by Crippen LogP contribution is -2.11. The van der Waals surface area contributed by atoms with E-state index in [2.05, 4.69) is 48.5 Å². The molecule has 0 saturated heterocycles. The Kier molecular flexibility index (Phi) is 3.82. The van der Waals surface area contributed by atoms with Crippen LogP contribution in [0.15, 0.2) is 24.3 Å². The lowest BCUT2D eigenvalue weighted by Gasteiger charge is -2.07. The highest BCUT2D eigenvalue weighted by molar-refractivity contribution is 5.67. The molecule has 1 heterocycles. The second-order valence-corrected chi connectivity index (χ2v) is 4.71. The minimum absolute atomic E-state index is 0.963. The highest BCUT2D eigenvalue weighted by atomic mass is 15.3. The summed E-state index contributed by atoms with van der Waals surface area (Å²) in [4.78, 5) is 0. The molecule has 0 aliphatic heterocycles. The van der Waals surface area contributed by atoms with E-state index >= 15 is 0 Å². The van der Waals surface area contributed by atoms with Gasteiger partial charge in [0.25, 0.3) is 0 Å². The zero-order valence-corrected chi connectivity index (χ0v) is 11.6. The Hall–Kier alpha value is -1.61. The number of aromatic nitrogens is 2. The molecule has 0 bridgehead atoms. The van der Waals surface area contributed by atoms with Gasteiger partial charge in [-0.25, -0.2) is 0 Å². The maximum absolute atomic E-state index is 4.64. The van der Waals surface area contributed by atoms with E-state index in [1.54, 1.807) is 0 Å². The molecular weight excluding hydrogens is 222 g/mol. The van der Waals surface area contributed by atoms with Gasteiger partial charge in [0.1, 0.15) is 0 Å². The van der Waals surface area contributed by atoms with Crippen LogP contribution in [0.5, 0.6) is 0 Å². The summed E-state index contributed by atoms with van der Waals surface area (Å²) in [6.45, 7) is 5.28. The summed E-state index contributed by atoms with van der Waals surface area (Å²) in [5, 5.41) is 7.82. The quantitative estimate of drug-likeness (QED) is 0.894. The standard InChI is InChI=1S/C15H21N3/c1-11-7-5-6-8-13(11)15-12(2)14(9-10-16-3)17-18(15)4/h5-8,16H,9-10H2,1-4H3. The Balaban J connectivity index is 2.46. The Bertz CT molecular complexity index is 541. The van der Waals surface area contributed by atoms with E-state index < -0.39 is 0 Å². The van der Waals surface area contributed by atoms with E-state index in [4.69, 9.17) is 0 Å². The summed E-state index contributed by atoms with van der Waals surface area (Å²) < 4.78 is 2.00. The minimum Gasteiger partial charge on any atom is -0.319 e. The van der Waals surface area contributed by atoms with E-state index in [1.807, 2.05) is 18.8 Å². The van der Waals surface area contributed by atoms with Crippen molar-refractivity contribution in [1.82, 2.24) is 15.1 Å². The highest BCUT2D eigenvalue weighted by Gasteiger charge is 2.14. The minimum atomic E-state index is 0.963. The summed E-state index contributed by atoms with van der Waals surface area (Å²) in [6.07, 6.45) is 0.974. The van der Waals surface area contributed by atoms with Gasteiger partial charge >= 0.3 is 0 Å². The van der Waals surface area contributed by atoms with Crippen molar-refractivity contribution >= 4 is 0 Å². The lowest BCUT2D eigenvalue weighted by atomic mass is 10.0. The zero-order valence-electron chi connectivity index (χ0n) is 11.6. The molecule has 96 valence electrons. The third kappa shape index (κ3) is 2.31. The lowest BCUT2D eigenvalue weighted by molar-refractivity contribution is 0.719. The van der Waals surface area contributed by atoms with Crippen molar-refractivity contribution in [2.45, 2.75) is 20.3 Å². The normalized spacial score (nSPS) is 10.9. The second kappa shape index (κ2) is 5.36. The number of benzene rings is 1. The van der Waals surface area contributed by atoms with Crippen molar-refractivity contribution in [3.05, 3.63) is 41.1 Å². The maximum Gasteiger partial charge on any atom is 0.0713 e. The predicted molar refractivity (Wildman–Crippen MR) is 75.7 cm³/mol. The highest BCUT2D eigenvalue weighted by Crippen LogP contribution is 2.27. The third-order valence-electron chi connectivity index (χ3n) is 3.39. The first-order chi connectivity index (χ1) is 8.65. The molecule has 3 nitrogen and oxygen atoms in total. The monoisotopic (exact) mass is 243 g/mol. The molecule has 18 heavy (non-hydrogen) atoms. The SMILES string of the molecule is CNCCc1nn(C)c(-c2ccccc2C)c1C. The molecule has 0 amide bonds. The number of nitrogens with one attached hydrogen (secondary N) is 1. The number of hydrogen-bond donors (Lipinski definition) is 1. The van der Waals surface area contributed by atoms with E-state index in [-0.39, 0.29) is 0 Å². The molecule has 0 radical (unpaired) electrons. The van der Waals surface area contributed by atoms with Gasteiger partial charge in [-0.3, -0.25) is 4.68 Å². The summed E-state index contributed by atoms with van der Waals surface area (Å²) in [7, 11) is 4.00. The van der Waals surface area contributed by atoms with Crippen LogP contribution in [0, 0.1) is 13.8 Å². The van der Waals surface area contributed by atoms with Gasteiger partial charge in [0.05, 0.1) is 11.4 Å². The molecule has 2 aromatic rings. The van der Waals surface area contributed by atoms with Gasteiger partial charge < -0.3 is 5.32 Å². The van der Waals surface area contributed by atoms with E-state index in [0.717, 1.165) is 13.0 Å². The van der Waals surface area contributed by atoms with Crippen LogP contribution < -0.4 is 5.32 Å².